The first kappa shape index (κ1) is 23.6. The summed E-state index contributed by atoms with van der Waals surface area (Å²) in [5.74, 6) is 1.29. The van der Waals surface area contributed by atoms with Gasteiger partial charge < -0.3 is 19.8 Å². The molecule has 1 amide bonds. The third kappa shape index (κ3) is 5.77. The Balaban J connectivity index is 1.31. The van der Waals surface area contributed by atoms with Crippen molar-refractivity contribution in [3.8, 4) is 0 Å². The number of nitrogens with one attached hydrogen (secondary N) is 3. The van der Waals surface area contributed by atoms with Crippen molar-refractivity contribution >= 4 is 27.8 Å². The molecule has 1 saturated carbocycles. The van der Waals surface area contributed by atoms with Crippen molar-refractivity contribution in [1.82, 2.24) is 15.6 Å². The molecule has 2 heterocycles. The average molecular weight is 474 g/mol. The number of aromatic nitrogens is 1. The lowest BCUT2D eigenvalue weighted by Gasteiger charge is -2.27. The van der Waals surface area contributed by atoms with Crippen molar-refractivity contribution in [3.05, 3.63) is 72.1 Å². The van der Waals surface area contributed by atoms with Gasteiger partial charge in [-0.3, -0.25) is 10.1 Å². The van der Waals surface area contributed by atoms with Gasteiger partial charge in [0.2, 0.25) is 5.91 Å². The van der Waals surface area contributed by atoms with E-state index >= 15 is 0 Å². The number of hydrogen-bond donors (Lipinski definition) is 4. The van der Waals surface area contributed by atoms with Crippen molar-refractivity contribution in [1.29, 1.82) is 0 Å². The first-order chi connectivity index (χ1) is 17.2. The second kappa shape index (κ2) is 11.1. The highest BCUT2D eigenvalue weighted by Gasteiger charge is 2.25. The van der Waals surface area contributed by atoms with Crippen LogP contribution in [0.4, 0.5) is 0 Å². The number of aliphatic hydroxyl groups excluding tert-OH is 1. The SMILES string of the molecule is O=C(NC(CO)CC1CCCCC1)C(Cc1c[nH]c2ccccc12)NCc1cc2ccccc2o1. The summed E-state index contributed by atoms with van der Waals surface area (Å²) in [4.78, 5) is 16.8. The monoisotopic (exact) mass is 473 g/mol. The molecule has 1 aliphatic carbocycles. The summed E-state index contributed by atoms with van der Waals surface area (Å²) in [5.41, 5.74) is 2.99. The predicted octanol–water partition coefficient (Wildman–Crippen LogP) is 5.06. The van der Waals surface area contributed by atoms with Gasteiger partial charge in [-0.2, -0.15) is 0 Å². The molecule has 2 aromatic carbocycles. The second-order valence-corrected chi connectivity index (χ2v) is 9.88. The number of aliphatic hydroxyl groups is 1. The zero-order valence-electron chi connectivity index (χ0n) is 20.1. The van der Waals surface area contributed by atoms with Crippen molar-refractivity contribution < 1.29 is 14.3 Å². The quantitative estimate of drug-likeness (QED) is 0.259. The summed E-state index contributed by atoms with van der Waals surface area (Å²) in [6.07, 6.45) is 9.54. The number of para-hydroxylation sites is 2. The Morgan fingerprint density at radius 1 is 1.09 bits per heavy atom. The molecule has 0 aliphatic heterocycles. The number of amides is 1. The molecule has 1 aliphatic rings. The van der Waals surface area contributed by atoms with Crippen LogP contribution in [0.1, 0.15) is 49.8 Å². The fourth-order valence-corrected chi connectivity index (χ4v) is 5.43. The fraction of sp³-hybridized carbons (Fsp3) is 0.414. The van der Waals surface area contributed by atoms with Crippen molar-refractivity contribution in [3.63, 3.8) is 0 Å². The lowest BCUT2D eigenvalue weighted by Crippen LogP contribution is -2.50. The Kier molecular flexibility index (Phi) is 7.50. The maximum absolute atomic E-state index is 13.5. The molecule has 4 aromatic rings. The van der Waals surface area contributed by atoms with Gasteiger partial charge in [0.1, 0.15) is 11.3 Å². The molecule has 2 unspecified atom stereocenters. The molecule has 184 valence electrons. The maximum atomic E-state index is 13.5. The first-order valence-corrected chi connectivity index (χ1v) is 12.9. The van der Waals surface area contributed by atoms with Crippen molar-refractivity contribution in [2.24, 2.45) is 5.92 Å². The van der Waals surface area contributed by atoms with Crippen LogP contribution in [-0.2, 0) is 17.8 Å². The van der Waals surface area contributed by atoms with Crippen LogP contribution >= 0.6 is 0 Å². The molecule has 6 heteroatoms. The molecular formula is C29H35N3O3. The van der Waals surface area contributed by atoms with Gasteiger partial charge in [-0.05, 0) is 42.5 Å². The van der Waals surface area contributed by atoms with Gasteiger partial charge in [0.25, 0.3) is 0 Å². The van der Waals surface area contributed by atoms with Crippen LogP contribution in [0.5, 0.6) is 0 Å². The largest absolute Gasteiger partial charge is 0.460 e. The highest BCUT2D eigenvalue weighted by atomic mass is 16.3. The van der Waals surface area contributed by atoms with E-state index in [1.165, 1.54) is 32.1 Å². The minimum Gasteiger partial charge on any atom is -0.460 e. The van der Waals surface area contributed by atoms with Crippen LogP contribution in [0.25, 0.3) is 21.9 Å². The van der Waals surface area contributed by atoms with E-state index in [9.17, 15) is 9.90 Å². The van der Waals surface area contributed by atoms with E-state index in [1.54, 1.807) is 0 Å². The van der Waals surface area contributed by atoms with Gasteiger partial charge >= 0.3 is 0 Å². The summed E-state index contributed by atoms with van der Waals surface area (Å²) >= 11 is 0. The number of furan rings is 1. The summed E-state index contributed by atoms with van der Waals surface area (Å²) in [6.45, 7) is 0.410. The number of H-pyrrole nitrogens is 1. The Bertz CT molecular complexity index is 1220. The standard InChI is InChI=1S/C29H35N3O3/c33-19-23(14-20-8-2-1-3-9-20)32-29(34)27(16-22-17-30-26-12-6-5-11-25(22)26)31-18-24-15-21-10-4-7-13-28(21)35-24/h4-7,10-13,15,17,20,23,27,30-31,33H,1-3,8-9,14,16,18-19H2,(H,32,34). The summed E-state index contributed by atoms with van der Waals surface area (Å²) in [6, 6.07) is 17.4. The predicted molar refractivity (Wildman–Crippen MR) is 139 cm³/mol. The third-order valence-electron chi connectivity index (χ3n) is 7.32. The number of fused-ring (bicyclic) bond motifs is 2. The van der Waals surface area contributed by atoms with E-state index in [0.717, 1.165) is 39.6 Å². The molecule has 2 aromatic heterocycles. The number of carbonyl (C=O) groups is 1. The minimum atomic E-state index is -0.456. The number of carbonyl (C=O) groups excluding carboxylic acids is 1. The van der Waals surface area contributed by atoms with E-state index in [0.29, 0.717) is 18.9 Å². The van der Waals surface area contributed by atoms with Crippen LogP contribution in [-0.4, -0.2) is 34.7 Å². The number of benzene rings is 2. The van der Waals surface area contributed by atoms with E-state index < -0.39 is 6.04 Å². The van der Waals surface area contributed by atoms with E-state index in [1.807, 2.05) is 54.7 Å². The zero-order valence-corrected chi connectivity index (χ0v) is 20.1. The van der Waals surface area contributed by atoms with Gasteiger partial charge in [0, 0.05) is 22.5 Å². The van der Waals surface area contributed by atoms with E-state index in [-0.39, 0.29) is 18.6 Å². The second-order valence-electron chi connectivity index (χ2n) is 9.88. The Labute approximate surface area is 206 Å². The summed E-state index contributed by atoms with van der Waals surface area (Å²) in [7, 11) is 0. The molecule has 4 N–H and O–H groups in total. The van der Waals surface area contributed by atoms with Crippen LogP contribution < -0.4 is 10.6 Å². The normalized spacial score (nSPS) is 16.5. The molecule has 35 heavy (non-hydrogen) atoms. The molecule has 0 radical (unpaired) electrons. The van der Waals surface area contributed by atoms with Crippen LogP contribution in [0.15, 0.2) is 65.2 Å². The van der Waals surface area contributed by atoms with Gasteiger partial charge in [-0.1, -0.05) is 68.5 Å². The van der Waals surface area contributed by atoms with Gasteiger partial charge in [-0.25, -0.2) is 0 Å². The van der Waals surface area contributed by atoms with Crippen LogP contribution in [0.3, 0.4) is 0 Å². The number of hydrogen-bond acceptors (Lipinski definition) is 4. The van der Waals surface area contributed by atoms with Crippen LogP contribution in [0, 0.1) is 5.92 Å². The molecule has 0 saturated heterocycles. The third-order valence-corrected chi connectivity index (χ3v) is 7.32. The Hall–Kier alpha value is -3.09. The topological polar surface area (TPSA) is 90.3 Å². The fourth-order valence-electron chi connectivity index (χ4n) is 5.43. The lowest BCUT2D eigenvalue weighted by atomic mass is 9.85. The average Bonchev–Trinajstić information content (AvgIpc) is 3.50. The summed E-state index contributed by atoms with van der Waals surface area (Å²) < 4.78 is 5.97. The molecule has 6 nitrogen and oxygen atoms in total. The van der Waals surface area contributed by atoms with Gasteiger partial charge in [0.05, 0.1) is 25.2 Å². The van der Waals surface area contributed by atoms with E-state index in [4.69, 9.17) is 4.42 Å². The molecule has 5 rings (SSSR count). The highest BCUT2D eigenvalue weighted by Crippen LogP contribution is 2.27. The molecule has 0 spiro atoms. The molecular weight excluding hydrogens is 438 g/mol. The van der Waals surface area contributed by atoms with Gasteiger partial charge in [0.15, 0.2) is 0 Å². The van der Waals surface area contributed by atoms with Crippen molar-refractivity contribution in [2.45, 2.75) is 63.6 Å². The Morgan fingerprint density at radius 2 is 1.89 bits per heavy atom. The Morgan fingerprint density at radius 3 is 2.71 bits per heavy atom. The van der Waals surface area contributed by atoms with Crippen LogP contribution in [0.2, 0.25) is 0 Å². The first-order valence-electron chi connectivity index (χ1n) is 12.9. The maximum Gasteiger partial charge on any atom is 0.237 e. The zero-order chi connectivity index (χ0) is 24.0. The molecule has 1 fully saturated rings. The number of aromatic amines is 1. The van der Waals surface area contributed by atoms with Crippen molar-refractivity contribution in [2.75, 3.05) is 6.61 Å². The smallest absolute Gasteiger partial charge is 0.237 e. The lowest BCUT2D eigenvalue weighted by molar-refractivity contribution is -0.124. The summed E-state index contributed by atoms with van der Waals surface area (Å²) in [5, 5.41) is 18.8. The minimum absolute atomic E-state index is 0.0361. The molecule has 0 bridgehead atoms. The molecule has 2 atom stereocenters. The van der Waals surface area contributed by atoms with E-state index in [2.05, 4.69) is 21.7 Å². The van der Waals surface area contributed by atoms with Gasteiger partial charge in [-0.15, -0.1) is 0 Å². The number of rotatable bonds is 10. The highest BCUT2D eigenvalue weighted by molar-refractivity contribution is 5.86.